The van der Waals surface area contributed by atoms with E-state index in [1.807, 2.05) is 24.3 Å². The Morgan fingerprint density at radius 1 is 1.43 bits per heavy atom. The minimum atomic E-state index is -0.970. The van der Waals surface area contributed by atoms with Gasteiger partial charge < -0.3 is 14.7 Å². The number of hydrogen-bond donors (Lipinski definition) is 1. The van der Waals surface area contributed by atoms with E-state index in [-0.39, 0.29) is 25.0 Å². The van der Waals surface area contributed by atoms with Crippen LogP contribution < -0.4 is 4.74 Å². The average molecular weight is 356 g/mol. The summed E-state index contributed by atoms with van der Waals surface area (Å²) in [5.41, 5.74) is 0. The Morgan fingerprint density at radius 2 is 2.10 bits per heavy atom. The summed E-state index contributed by atoms with van der Waals surface area (Å²) in [4.78, 5) is 24.8. The first-order valence-corrected chi connectivity index (χ1v) is 7.71. The van der Waals surface area contributed by atoms with Gasteiger partial charge in [-0.3, -0.25) is 4.79 Å². The monoisotopic (exact) mass is 355 g/mol. The number of rotatable bonds is 7. The second-order valence-electron chi connectivity index (χ2n) is 5.08. The van der Waals surface area contributed by atoms with Crippen molar-refractivity contribution < 1.29 is 19.4 Å². The number of nitrogens with zero attached hydrogens (tertiary/aromatic N) is 1. The quantitative estimate of drug-likeness (QED) is 0.816. The van der Waals surface area contributed by atoms with Gasteiger partial charge in [0.15, 0.2) is 0 Å². The first-order chi connectivity index (χ1) is 10.0. The second kappa shape index (κ2) is 6.93. The summed E-state index contributed by atoms with van der Waals surface area (Å²) >= 11 is 3.37. The third-order valence-electron chi connectivity index (χ3n) is 3.41. The number of ether oxygens (including phenoxy) is 1. The lowest BCUT2D eigenvalue weighted by Crippen LogP contribution is -2.45. The second-order valence-corrected chi connectivity index (χ2v) is 5.93. The Morgan fingerprint density at radius 3 is 2.67 bits per heavy atom. The summed E-state index contributed by atoms with van der Waals surface area (Å²) in [6.07, 6.45) is 1.94. The SMILES string of the molecule is CC(C(=O)O)N(C(=O)CCOc1ccccc1Br)C1CC1. The molecule has 0 bridgehead atoms. The fourth-order valence-electron chi connectivity index (χ4n) is 2.15. The standard InChI is InChI=1S/C15H18BrNO4/c1-10(15(19)20)17(11-6-7-11)14(18)8-9-21-13-5-3-2-4-12(13)16/h2-5,10-11H,6-9H2,1H3,(H,19,20). The maximum atomic E-state index is 12.2. The predicted molar refractivity (Wildman–Crippen MR) is 81.2 cm³/mol. The van der Waals surface area contributed by atoms with E-state index in [0.29, 0.717) is 5.75 Å². The molecule has 114 valence electrons. The Bertz CT molecular complexity index is 530. The molecule has 0 aromatic heterocycles. The van der Waals surface area contributed by atoms with Crippen LogP contribution in [0.5, 0.6) is 5.75 Å². The molecule has 0 heterocycles. The Hall–Kier alpha value is -1.56. The van der Waals surface area contributed by atoms with Crippen molar-refractivity contribution in [1.29, 1.82) is 0 Å². The minimum Gasteiger partial charge on any atom is -0.492 e. The number of carbonyl (C=O) groups is 2. The third-order valence-corrected chi connectivity index (χ3v) is 4.07. The molecule has 1 aliphatic carbocycles. The van der Waals surface area contributed by atoms with E-state index in [0.717, 1.165) is 17.3 Å². The minimum absolute atomic E-state index is 0.0760. The maximum absolute atomic E-state index is 12.2. The number of carboxylic acids is 1. The molecular formula is C15H18BrNO4. The molecule has 1 amide bonds. The third kappa shape index (κ3) is 4.20. The van der Waals surface area contributed by atoms with E-state index < -0.39 is 12.0 Å². The largest absolute Gasteiger partial charge is 0.492 e. The lowest BCUT2D eigenvalue weighted by Gasteiger charge is -2.26. The van der Waals surface area contributed by atoms with Crippen molar-refractivity contribution in [2.24, 2.45) is 0 Å². The van der Waals surface area contributed by atoms with E-state index in [1.165, 1.54) is 4.90 Å². The van der Waals surface area contributed by atoms with Gasteiger partial charge in [-0.15, -0.1) is 0 Å². The van der Waals surface area contributed by atoms with Gasteiger partial charge in [-0.1, -0.05) is 12.1 Å². The van der Waals surface area contributed by atoms with Crippen molar-refractivity contribution in [3.05, 3.63) is 28.7 Å². The predicted octanol–water partition coefficient (Wildman–Crippen LogP) is 2.68. The fourth-order valence-corrected chi connectivity index (χ4v) is 2.55. The van der Waals surface area contributed by atoms with Gasteiger partial charge in [-0.2, -0.15) is 0 Å². The molecule has 1 N–H and O–H groups in total. The van der Waals surface area contributed by atoms with Crippen molar-refractivity contribution in [3.8, 4) is 5.75 Å². The van der Waals surface area contributed by atoms with Gasteiger partial charge in [0.25, 0.3) is 0 Å². The number of halogens is 1. The Kier molecular flexibility index (Phi) is 5.22. The van der Waals surface area contributed by atoms with Gasteiger partial charge in [0.1, 0.15) is 11.8 Å². The van der Waals surface area contributed by atoms with Crippen molar-refractivity contribution >= 4 is 27.8 Å². The van der Waals surface area contributed by atoms with Crippen LogP contribution in [0.4, 0.5) is 0 Å². The molecule has 1 aromatic carbocycles. The maximum Gasteiger partial charge on any atom is 0.326 e. The topological polar surface area (TPSA) is 66.8 Å². The molecule has 1 aromatic rings. The molecule has 1 aliphatic rings. The highest BCUT2D eigenvalue weighted by Gasteiger charge is 2.37. The van der Waals surface area contributed by atoms with Crippen LogP contribution >= 0.6 is 15.9 Å². The smallest absolute Gasteiger partial charge is 0.326 e. The average Bonchev–Trinajstić information content (AvgIpc) is 3.25. The van der Waals surface area contributed by atoms with E-state index in [2.05, 4.69) is 15.9 Å². The molecule has 1 unspecified atom stereocenters. The van der Waals surface area contributed by atoms with Crippen LogP contribution in [0.15, 0.2) is 28.7 Å². The zero-order valence-corrected chi connectivity index (χ0v) is 13.4. The number of carbonyl (C=O) groups excluding carboxylic acids is 1. The molecule has 21 heavy (non-hydrogen) atoms. The Labute approximate surface area is 132 Å². The van der Waals surface area contributed by atoms with Gasteiger partial charge in [0.2, 0.25) is 5.91 Å². The molecule has 0 spiro atoms. The number of amides is 1. The first-order valence-electron chi connectivity index (χ1n) is 6.92. The van der Waals surface area contributed by atoms with E-state index in [9.17, 15) is 9.59 Å². The number of benzene rings is 1. The van der Waals surface area contributed by atoms with E-state index in [1.54, 1.807) is 6.92 Å². The fraction of sp³-hybridized carbons (Fsp3) is 0.467. The van der Waals surface area contributed by atoms with Crippen LogP contribution in [0, 0.1) is 0 Å². The molecule has 1 saturated carbocycles. The summed E-state index contributed by atoms with van der Waals surface area (Å²) in [5, 5.41) is 9.09. The highest BCUT2D eigenvalue weighted by atomic mass is 79.9. The van der Waals surface area contributed by atoms with Gasteiger partial charge >= 0.3 is 5.97 Å². The van der Waals surface area contributed by atoms with Crippen molar-refractivity contribution in [2.45, 2.75) is 38.3 Å². The molecule has 5 nitrogen and oxygen atoms in total. The van der Waals surface area contributed by atoms with Gasteiger partial charge in [0, 0.05) is 6.04 Å². The molecule has 6 heteroatoms. The number of carboxylic acid groups (broad SMARTS) is 1. The van der Waals surface area contributed by atoms with E-state index >= 15 is 0 Å². The molecule has 2 rings (SSSR count). The Balaban J connectivity index is 1.88. The summed E-state index contributed by atoms with van der Waals surface area (Å²) in [6, 6.07) is 6.70. The summed E-state index contributed by atoms with van der Waals surface area (Å²) < 4.78 is 6.39. The highest BCUT2D eigenvalue weighted by Crippen LogP contribution is 2.29. The van der Waals surface area contributed by atoms with Gasteiger partial charge in [0.05, 0.1) is 17.5 Å². The van der Waals surface area contributed by atoms with Gasteiger partial charge in [-0.05, 0) is 47.8 Å². The lowest BCUT2D eigenvalue weighted by molar-refractivity contribution is -0.150. The van der Waals surface area contributed by atoms with Crippen molar-refractivity contribution in [3.63, 3.8) is 0 Å². The van der Waals surface area contributed by atoms with E-state index in [4.69, 9.17) is 9.84 Å². The highest BCUT2D eigenvalue weighted by molar-refractivity contribution is 9.10. The molecule has 0 radical (unpaired) electrons. The van der Waals surface area contributed by atoms with Crippen LogP contribution in [0.1, 0.15) is 26.2 Å². The zero-order chi connectivity index (χ0) is 15.4. The molecular weight excluding hydrogens is 338 g/mol. The van der Waals surface area contributed by atoms with Crippen LogP contribution in [0.3, 0.4) is 0 Å². The number of para-hydroxylation sites is 1. The van der Waals surface area contributed by atoms with Crippen LogP contribution in [0.2, 0.25) is 0 Å². The van der Waals surface area contributed by atoms with Crippen molar-refractivity contribution in [2.75, 3.05) is 6.61 Å². The van der Waals surface area contributed by atoms with Crippen molar-refractivity contribution in [1.82, 2.24) is 4.90 Å². The number of hydrogen-bond acceptors (Lipinski definition) is 3. The molecule has 1 fully saturated rings. The number of aliphatic carboxylic acids is 1. The normalized spacial score (nSPS) is 15.3. The summed E-state index contributed by atoms with van der Waals surface area (Å²) in [5.74, 6) is -0.462. The summed E-state index contributed by atoms with van der Waals surface area (Å²) in [6.45, 7) is 1.78. The van der Waals surface area contributed by atoms with Gasteiger partial charge in [-0.25, -0.2) is 4.79 Å². The zero-order valence-electron chi connectivity index (χ0n) is 11.8. The van der Waals surface area contributed by atoms with Crippen LogP contribution in [-0.4, -0.2) is 40.6 Å². The lowest BCUT2D eigenvalue weighted by atomic mass is 10.2. The molecule has 0 saturated heterocycles. The molecule has 0 aliphatic heterocycles. The molecule has 1 atom stereocenters. The summed E-state index contributed by atoms with van der Waals surface area (Å²) in [7, 11) is 0. The van der Waals surface area contributed by atoms with Crippen LogP contribution in [-0.2, 0) is 9.59 Å². The van der Waals surface area contributed by atoms with Crippen LogP contribution in [0.25, 0.3) is 0 Å². The first kappa shape index (κ1) is 15.8.